The number of aryl methyl sites for hydroxylation is 2. The molecule has 0 bridgehead atoms. The maximum Gasteiger partial charge on any atom is 0.243 e. The summed E-state index contributed by atoms with van der Waals surface area (Å²) in [5, 5.41) is 0. The summed E-state index contributed by atoms with van der Waals surface area (Å²) in [6.45, 7) is 0.709. The molecule has 2 aliphatic carbocycles. The molecule has 3 aliphatic rings. The highest BCUT2D eigenvalue weighted by Crippen LogP contribution is 2.38. The number of benzene rings is 1. The van der Waals surface area contributed by atoms with Crippen LogP contribution in [0.5, 0.6) is 0 Å². The molecule has 3 nitrogen and oxygen atoms in total. The molecular formula is C19H27NO2S. The Kier molecular flexibility index (Phi) is 4.22. The zero-order valence-corrected chi connectivity index (χ0v) is 14.7. The first kappa shape index (κ1) is 15.6. The summed E-state index contributed by atoms with van der Waals surface area (Å²) in [5.74, 6) is 0.588. The Morgan fingerprint density at radius 1 is 0.870 bits per heavy atom. The standard InChI is InChI=1S/C19H27NO2S/c21-23(22,18-12-11-15-6-1-2-8-17(15)14-18)20-13-5-9-16-7-3-4-10-19(16)20/h11-12,14,16,19H,1-10,13H2/t16-,19+/m1/s1. The highest BCUT2D eigenvalue weighted by molar-refractivity contribution is 7.89. The molecule has 2 atom stereocenters. The Bertz CT molecular complexity index is 681. The van der Waals surface area contributed by atoms with Crippen LogP contribution in [0, 0.1) is 5.92 Å². The van der Waals surface area contributed by atoms with Crippen LogP contribution in [0.1, 0.15) is 62.5 Å². The maximum atomic E-state index is 13.3. The number of hydrogen-bond acceptors (Lipinski definition) is 2. The minimum Gasteiger partial charge on any atom is -0.207 e. The second kappa shape index (κ2) is 6.21. The highest BCUT2D eigenvalue weighted by atomic mass is 32.2. The molecule has 0 spiro atoms. The van der Waals surface area contributed by atoms with Gasteiger partial charge in [-0.05, 0) is 80.5 Å². The highest BCUT2D eigenvalue weighted by Gasteiger charge is 2.40. The second-order valence-electron chi connectivity index (χ2n) is 7.51. The van der Waals surface area contributed by atoms with E-state index in [1.165, 1.54) is 49.7 Å². The van der Waals surface area contributed by atoms with E-state index in [2.05, 4.69) is 6.07 Å². The van der Waals surface area contributed by atoms with Crippen LogP contribution in [0.3, 0.4) is 0 Å². The zero-order valence-electron chi connectivity index (χ0n) is 13.8. The van der Waals surface area contributed by atoms with E-state index in [1.54, 1.807) is 0 Å². The molecule has 23 heavy (non-hydrogen) atoms. The summed E-state index contributed by atoms with van der Waals surface area (Å²) < 4.78 is 28.4. The van der Waals surface area contributed by atoms with Gasteiger partial charge in [0.15, 0.2) is 0 Å². The number of hydrogen-bond donors (Lipinski definition) is 0. The Hall–Kier alpha value is -0.870. The van der Waals surface area contributed by atoms with Crippen molar-refractivity contribution in [2.24, 2.45) is 5.92 Å². The van der Waals surface area contributed by atoms with E-state index in [9.17, 15) is 8.42 Å². The van der Waals surface area contributed by atoms with Gasteiger partial charge in [-0.25, -0.2) is 8.42 Å². The number of piperidine rings is 1. The van der Waals surface area contributed by atoms with Crippen LogP contribution in [0.15, 0.2) is 23.1 Å². The van der Waals surface area contributed by atoms with Crippen molar-refractivity contribution in [2.45, 2.75) is 75.1 Å². The van der Waals surface area contributed by atoms with Crippen LogP contribution in [-0.2, 0) is 22.9 Å². The molecule has 1 saturated heterocycles. The lowest BCUT2D eigenvalue weighted by molar-refractivity contribution is 0.129. The predicted molar refractivity (Wildman–Crippen MR) is 92.0 cm³/mol. The maximum absolute atomic E-state index is 13.3. The third kappa shape index (κ3) is 2.85. The first-order chi connectivity index (χ1) is 11.2. The lowest BCUT2D eigenvalue weighted by Crippen LogP contribution is -2.49. The fourth-order valence-corrected chi connectivity index (χ4v) is 6.69. The fourth-order valence-electron chi connectivity index (χ4n) is 4.88. The lowest BCUT2D eigenvalue weighted by atomic mass is 9.79. The van der Waals surface area contributed by atoms with Gasteiger partial charge in [-0.3, -0.25) is 0 Å². The molecule has 0 radical (unpaired) electrons. The summed E-state index contributed by atoms with van der Waals surface area (Å²) >= 11 is 0. The molecule has 4 rings (SSSR count). The third-order valence-corrected chi connectivity index (χ3v) is 8.04. The van der Waals surface area contributed by atoms with Crippen molar-refractivity contribution in [1.82, 2.24) is 4.31 Å². The number of sulfonamides is 1. The first-order valence-electron chi connectivity index (χ1n) is 9.30. The van der Waals surface area contributed by atoms with E-state index < -0.39 is 10.0 Å². The van der Waals surface area contributed by atoms with Crippen LogP contribution in [0.25, 0.3) is 0 Å². The van der Waals surface area contributed by atoms with Gasteiger partial charge in [-0.2, -0.15) is 4.31 Å². The van der Waals surface area contributed by atoms with Crippen molar-refractivity contribution in [3.63, 3.8) is 0 Å². The van der Waals surface area contributed by atoms with Crippen LogP contribution in [0.4, 0.5) is 0 Å². The molecular weight excluding hydrogens is 306 g/mol. The zero-order chi connectivity index (χ0) is 15.9. The van der Waals surface area contributed by atoms with E-state index in [-0.39, 0.29) is 6.04 Å². The molecule has 1 saturated carbocycles. The molecule has 2 fully saturated rings. The summed E-state index contributed by atoms with van der Waals surface area (Å²) in [5.41, 5.74) is 2.61. The molecule has 4 heteroatoms. The molecule has 1 heterocycles. The SMILES string of the molecule is O=S(=O)(c1ccc2c(c1)CCCC2)N1CCC[C@H]2CCCC[C@@H]21. The average Bonchev–Trinajstić information content (AvgIpc) is 2.60. The smallest absolute Gasteiger partial charge is 0.207 e. The van der Waals surface area contributed by atoms with E-state index in [0.717, 1.165) is 25.7 Å². The largest absolute Gasteiger partial charge is 0.243 e. The molecule has 126 valence electrons. The van der Waals surface area contributed by atoms with Gasteiger partial charge in [-0.1, -0.05) is 18.9 Å². The number of rotatable bonds is 2. The molecule has 0 unspecified atom stereocenters. The van der Waals surface area contributed by atoms with Gasteiger partial charge in [0.05, 0.1) is 4.90 Å². The Morgan fingerprint density at radius 2 is 1.61 bits per heavy atom. The predicted octanol–water partition coefficient (Wildman–Crippen LogP) is 3.91. The normalized spacial score (nSPS) is 28.9. The van der Waals surface area contributed by atoms with Crippen molar-refractivity contribution in [1.29, 1.82) is 0 Å². The summed E-state index contributed by atoms with van der Waals surface area (Å²) in [7, 11) is -3.33. The van der Waals surface area contributed by atoms with Crippen molar-refractivity contribution in [2.75, 3.05) is 6.54 Å². The van der Waals surface area contributed by atoms with Crippen molar-refractivity contribution in [3.05, 3.63) is 29.3 Å². The van der Waals surface area contributed by atoms with Crippen LogP contribution >= 0.6 is 0 Å². The van der Waals surface area contributed by atoms with Gasteiger partial charge in [0.25, 0.3) is 0 Å². The molecule has 1 aromatic carbocycles. The average molecular weight is 333 g/mol. The molecule has 1 aromatic rings. The van der Waals surface area contributed by atoms with Crippen LogP contribution in [0.2, 0.25) is 0 Å². The quantitative estimate of drug-likeness (QED) is 0.823. The molecule has 0 aromatic heterocycles. The molecule has 0 N–H and O–H groups in total. The fraction of sp³-hybridized carbons (Fsp3) is 0.684. The number of nitrogens with zero attached hydrogens (tertiary/aromatic N) is 1. The third-order valence-electron chi connectivity index (χ3n) is 6.12. The van der Waals surface area contributed by atoms with Crippen molar-refractivity contribution >= 4 is 10.0 Å². The minimum absolute atomic E-state index is 0.249. The summed E-state index contributed by atoms with van der Waals surface area (Å²) in [6, 6.07) is 6.13. The van der Waals surface area contributed by atoms with Crippen molar-refractivity contribution < 1.29 is 8.42 Å². The Balaban J connectivity index is 1.66. The van der Waals surface area contributed by atoms with Crippen LogP contribution in [-0.4, -0.2) is 25.3 Å². The van der Waals surface area contributed by atoms with E-state index in [1.807, 2.05) is 16.4 Å². The van der Waals surface area contributed by atoms with Gasteiger partial charge in [-0.15, -0.1) is 0 Å². The van der Waals surface area contributed by atoms with Gasteiger partial charge >= 0.3 is 0 Å². The summed E-state index contributed by atoms with van der Waals surface area (Å²) in [6.07, 6.45) is 11.5. The van der Waals surface area contributed by atoms with Gasteiger partial charge in [0, 0.05) is 12.6 Å². The van der Waals surface area contributed by atoms with Gasteiger partial charge in [0.2, 0.25) is 10.0 Å². The lowest BCUT2D eigenvalue weighted by Gasteiger charge is -2.43. The monoisotopic (exact) mass is 333 g/mol. The Morgan fingerprint density at radius 3 is 2.48 bits per heavy atom. The van der Waals surface area contributed by atoms with E-state index in [4.69, 9.17) is 0 Å². The Labute approximate surface area is 140 Å². The van der Waals surface area contributed by atoms with Crippen LogP contribution < -0.4 is 0 Å². The second-order valence-corrected chi connectivity index (χ2v) is 9.40. The van der Waals surface area contributed by atoms with Crippen molar-refractivity contribution in [3.8, 4) is 0 Å². The van der Waals surface area contributed by atoms with Gasteiger partial charge < -0.3 is 0 Å². The first-order valence-corrected chi connectivity index (χ1v) is 10.7. The summed E-state index contributed by atoms with van der Waals surface area (Å²) in [4.78, 5) is 0.532. The van der Waals surface area contributed by atoms with E-state index >= 15 is 0 Å². The molecule has 1 aliphatic heterocycles. The van der Waals surface area contributed by atoms with E-state index in [0.29, 0.717) is 17.4 Å². The van der Waals surface area contributed by atoms with Gasteiger partial charge in [0.1, 0.15) is 0 Å². The topological polar surface area (TPSA) is 37.4 Å². The molecule has 0 amide bonds. The number of fused-ring (bicyclic) bond motifs is 2. The minimum atomic E-state index is -3.33.